The van der Waals surface area contributed by atoms with Gasteiger partial charge in [0.25, 0.3) is 0 Å². The summed E-state index contributed by atoms with van der Waals surface area (Å²) in [5, 5.41) is 2.85. The Morgan fingerprint density at radius 2 is 1.62 bits per heavy atom. The predicted molar refractivity (Wildman–Crippen MR) is 126 cm³/mol. The molecule has 7 nitrogen and oxygen atoms in total. The molecule has 1 N–H and O–H groups in total. The van der Waals surface area contributed by atoms with E-state index >= 15 is 0 Å². The van der Waals surface area contributed by atoms with Gasteiger partial charge in [-0.05, 0) is 42.8 Å². The van der Waals surface area contributed by atoms with Gasteiger partial charge in [-0.1, -0.05) is 36.4 Å². The third-order valence-corrected chi connectivity index (χ3v) is 5.83. The number of amides is 1. The zero-order chi connectivity index (χ0) is 23.0. The van der Waals surface area contributed by atoms with E-state index in [0.29, 0.717) is 35.0 Å². The topological polar surface area (TPSA) is 84.9 Å². The van der Waals surface area contributed by atoms with Crippen LogP contribution in [0.3, 0.4) is 0 Å². The lowest BCUT2D eigenvalue weighted by Crippen LogP contribution is -2.31. The first kappa shape index (κ1) is 23.1. The third-order valence-electron chi connectivity index (χ3n) is 4.64. The Bertz CT molecular complexity index is 1150. The lowest BCUT2D eigenvalue weighted by molar-refractivity contribution is -0.116. The minimum Gasteiger partial charge on any atom is -0.497 e. The molecule has 32 heavy (non-hydrogen) atoms. The summed E-state index contributed by atoms with van der Waals surface area (Å²) in [5.41, 5.74) is 1.04. The van der Waals surface area contributed by atoms with E-state index in [1.54, 1.807) is 36.4 Å². The van der Waals surface area contributed by atoms with Gasteiger partial charge in [0.1, 0.15) is 11.5 Å². The summed E-state index contributed by atoms with van der Waals surface area (Å²) >= 11 is 0. The zero-order valence-electron chi connectivity index (χ0n) is 18.0. The van der Waals surface area contributed by atoms with E-state index in [-0.39, 0.29) is 18.9 Å². The lowest BCUT2D eigenvalue weighted by Gasteiger charge is -2.22. The van der Waals surface area contributed by atoms with Gasteiger partial charge < -0.3 is 14.8 Å². The SMILES string of the molecule is COc1cccc(N(CCCC(=O)Nc2ccccc2Oc2ccccc2)S(C)(=O)=O)c1. The molecular formula is C24H26N2O5S. The smallest absolute Gasteiger partial charge is 0.232 e. The van der Waals surface area contributed by atoms with Gasteiger partial charge in [0.05, 0.1) is 24.7 Å². The van der Waals surface area contributed by atoms with Crippen molar-refractivity contribution < 1.29 is 22.7 Å². The molecule has 1 amide bonds. The van der Waals surface area contributed by atoms with Crippen molar-refractivity contribution in [3.05, 3.63) is 78.9 Å². The molecule has 168 valence electrons. The fraction of sp³-hybridized carbons (Fsp3) is 0.208. The molecule has 0 saturated heterocycles. The molecule has 8 heteroatoms. The molecule has 0 saturated carbocycles. The second-order valence-corrected chi connectivity index (χ2v) is 9.01. The summed E-state index contributed by atoms with van der Waals surface area (Å²) in [6.45, 7) is 0.168. The molecule has 3 aromatic carbocycles. The number of methoxy groups -OCH3 is 1. The van der Waals surface area contributed by atoms with Gasteiger partial charge in [-0.2, -0.15) is 0 Å². The largest absolute Gasteiger partial charge is 0.497 e. The van der Waals surface area contributed by atoms with Crippen molar-refractivity contribution in [1.29, 1.82) is 0 Å². The maximum Gasteiger partial charge on any atom is 0.232 e. The first-order chi connectivity index (χ1) is 15.4. The second-order valence-electron chi connectivity index (χ2n) is 7.10. The van der Waals surface area contributed by atoms with Gasteiger partial charge in [-0.3, -0.25) is 9.10 Å². The Balaban J connectivity index is 1.62. The number of ether oxygens (including phenoxy) is 2. The molecule has 0 spiro atoms. The summed E-state index contributed by atoms with van der Waals surface area (Å²) in [6.07, 6.45) is 1.64. The van der Waals surface area contributed by atoms with Gasteiger partial charge in [0.15, 0.2) is 5.75 Å². The summed E-state index contributed by atoms with van der Waals surface area (Å²) < 4.78 is 36.9. The Labute approximate surface area is 188 Å². The maximum absolute atomic E-state index is 12.5. The van der Waals surface area contributed by atoms with Crippen LogP contribution in [0.15, 0.2) is 78.9 Å². The van der Waals surface area contributed by atoms with Crippen molar-refractivity contribution in [2.75, 3.05) is 29.5 Å². The minimum atomic E-state index is -3.52. The van der Waals surface area contributed by atoms with Gasteiger partial charge in [-0.15, -0.1) is 0 Å². The molecule has 0 aliphatic rings. The highest BCUT2D eigenvalue weighted by atomic mass is 32.2. The summed E-state index contributed by atoms with van der Waals surface area (Å²) in [7, 11) is -1.99. The van der Waals surface area contributed by atoms with Gasteiger partial charge in [0.2, 0.25) is 15.9 Å². The van der Waals surface area contributed by atoms with Crippen LogP contribution in [0.1, 0.15) is 12.8 Å². The highest BCUT2D eigenvalue weighted by molar-refractivity contribution is 7.92. The molecule has 3 aromatic rings. The monoisotopic (exact) mass is 454 g/mol. The van der Waals surface area contributed by atoms with Crippen LogP contribution in [-0.4, -0.2) is 34.2 Å². The number of sulfonamides is 1. The van der Waals surface area contributed by atoms with Gasteiger partial charge in [0, 0.05) is 19.0 Å². The second kappa shape index (κ2) is 10.7. The molecule has 0 aliphatic heterocycles. The fourth-order valence-corrected chi connectivity index (χ4v) is 4.08. The van der Waals surface area contributed by atoms with E-state index in [2.05, 4.69) is 5.32 Å². The van der Waals surface area contributed by atoms with E-state index in [1.807, 2.05) is 42.5 Å². The van der Waals surface area contributed by atoms with E-state index in [4.69, 9.17) is 9.47 Å². The number of nitrogens with one attached hydrogen (secondary N) is 1. The number of carbonyl (C=O) groups is 1. The number of anilines is 2. The Morgan fingerprint density at radius 3 is 2.34 bits per heavy atom. The summed E-state index contributed by atoms with van der Waals surface area (Å²) in [5.74, 6) is 1.52. The summed E-state index contributed by atoms with van der Waals surface area (Å²) in [4.78, 5) is 12.5. The molecule has 0 atom stereocenters. The van der Waals surface area contributed by atoms with Crippen molar-refractivity contribution in [3.8, 4) is 17.2 Å². The minimum absolute atomic E-state index is 0.148. The predicted octanol–water partition coefficient (Wildman–Crippen LogP) is 4.67. The first-order valence-corrected chi connectivity index (χ1v) is 12.0. The molecule has 0 heterocycles. The van der Waals surface area contributed by atoms with Crippen LogP contribution in [0, 0.1) is 0 Å². The summed E-state index contributed by atoms with van der Waals surface area (Å²) in [6, 6.07) is 23.3. The quantitative estimate of drug-likeness (QED) is 0.481. The molecule has 0 radical (unpaired) electrons. The van der Waals surface area contributed by atoms with Crippen LogP contribution in [0.5, 0.6) is 17.2 Å². The number of para-hydroxylation sites is 3. The molecule has 3 rings (SSSR count). The molecular weight excluding hydrogens is 428 g/mol. The number of hydrogen-bond acceptors (Lipinski definition) is 5. The average Bonchev–Trinajstić information content (AvgIpc) is 2.78. The van der Waals surface area contributed by atoms with Crippen LogP contribution in [0.4, 0.5) is 11.4 Å². The molecule has 0 aromatic heterocycles. The van der Waals surface area contributed by atoms with Crippen molar-refractivity contribution in [2.45, 2.75) is 12.8 Å². The van der Waals surface area contributed by atoms with Crippen molar-refractivity contribution in [2.24, 2.45) is 0 Å². The van der Waals surface area contributed by atoms with Crippen LogP contribution in [0.25, 0.3) is 0 Å². The molecule has 0 unspecified atom stereocenters. The van der Waals surface area contributed by atoms with Crippen LogP contribution >= 0.6 is 0 Å². The van der Waals surface area contributed by atoms with E-state index < -0.39 is 10.0 Å². The van der Waals surface area contributed by atoms with Gasteiger partial charge in [-0.25, -0.2) is 8.42 Å². The van der Waals surface area contributed by atoms with Crippen molar-refractivity contribution in [3.63, 3.8) is 0 Å². The van der Waals surface area contributed by atoms with Crippen LogP contribution in [0.2, 0.25) is 0 Å². The van der Waals surface area contributed by atoms with Crippen molar-refractivity contribution in [1.82, 2.24) is 0 Å². The highest BCUT2D eigenvalue weighted by Gasteiger charge is 2.18. The normalized spacial score (nSPS) is 10.9. The maximum atomic E-state index is 12.5. The van der Waals surface area contributed by atoms with Crippen molar-refractivity contribution >= 4 is 27.3 Å². The van der Waals surface area contributed by atoms with E-state index in [9.17, 15) is 13.2 Å². The molecule has 0 fully saturated rings. The molecule has 0 bridgehead atoms. The Hall–Kier alpha value is -3.52. The van der Waals surface area contributed by atoms with Crippen LogP contribution < -0.4 is 19.1 Å². The van der Waals surface area contributed by atoms with E-state index in [1.165, 1.54) is 11.4 Å². The molecule has 0 aliphatic carbocycles. The lowest BCUT2D eigenvalue weighted by atomic mass is 10.2. The average molecular weight is 455 g/mol. The number of rotatable bonds is 10. The zero-order valence-corrected chi connectivity index (χ0v) is 18.8. The standard InChI is InChI=1S/C24H26N2O5S/c1-30-21-13-8-10-19(18-21)26(32(2,28)29)17-9-16-24(27)25-22-14-6-7-15-23(22)31-20-11-4-3-5-12-20/h3-8,10-15,18H,9,16-17H2,1-2H3,(H,25,27). The van der Waals surface area contributed by atoms with Crippen LogP contribution in [-0.2, 0) is 14.8 Å². The first-order valence-electron chi connectivity index (χ1n) is 10.1. The highest BCUT2D eigenvalue weighted by Crippen LogP contribution is 2.29. The Kier molecular flexibility index (Phi) is 7.72. The number of nitrogens with zero attached hydrogens (tertiary/aromatic N) is 1. The number of hydrogen-bond donors (Lipinski definition) is 1. The van der Waals surface area contributed by atoms with Gasteiger partial charge >= 0.3 is 0 Å². The number of benzene rings is 3. The fourth-order valence-electron chi connectivity index (χ4n) is 3.12. The van der Waals surface area contributed by atoms with E-state index in [0.717, 1.165) is 6.26 Å². The Morgan fingerprint density at radius 1 is 0.938 bits per heavy atom. The third kappa shape index (κ3) is 6.49. The number of carbonyl (C=O) groups excluding carboxylic acids is 1.